The van der Waals surface area contributed by atoms with E-state index in [1.54, 1.807) is 4.68 Å². The van der Waals surface area contributed by atoms with E-state index in [0.717, 1.165) is 22.4 Å². The Morgan fingerprint density at radius 2 is 1.72 bits per heavy atom. The number of benzene rings is 2. The summed E-state index contributed by atoms with van der Waals surface area (Å²) in [5.41, 5.74) is 6.71. The van der Waals surface area contributed by atoms with Gasteiger partial charge in [-0.05, 0) is 50.5 Å². The van der Waals surface area contributed by atoms with E-state index in [1.807, 2.05) is 63.2 Å². The van der Waals surface area contributed by atoms with Crippen molar-refractivity contribution in [3.63, 3.8) is 0 Å². The lowest BCUT2D eigenvalue weighted by Gasteiger charge is -2.09. The van der Waals surface area contributed by atoms with E-state index in [4.69, 9.17) is 0 Å². The molecule has 4 heteroatoms. The van der Waals surface area contributed by atoms with E-state index in [-0.39, 0.29) is 5.56 Å². The third-order valence-electron chi connectivity index (χ3n) is 4.59. The molecule has 0 unspecified atom stereocenters. The SMILES string of the molecule is CCc1c(C(=O)O)c(-c2ccc(C)cc2)nn1-c1ccc(C)c(C)c1. The summed E-state index contributed by atoms with van der Waals surface area (Å²) in [6, 6.07) is 13.9. The number of carboxylic acids is 1. The Hall–Kier alpha value is -2.88. The van der Waals surface area contributed by atoms with Gasteiger partial charge in [0, 0.05) is 5.56 Å². The number of nitrogens with zero attached hydrogens (tertiary/aromatic N) is 2. The molecule has 0 aliphatic carbocycles. The molecule has 1 aromatic heterocycles. The Kier molecular flexibility index (Phi) is 4.45. The number of aromatic carboxylic acids is 1. The fourth-order valence-corrected chi connectivity index (χ4v) is 2.99. The van der Waals surface area contributed by atoms with Crippen LogP contribution in [0.3, 0.4) is 0 Å². The number of aryl methyl sites for hydroxylation is 3. The maximum absolute atomic E-state index is 12.0. The number of carbonyl (C=O) groups is 1. The normalized spacial score (nSPS) is 10.9. The summed E-state index contributed by atoms with van der Waals surface area (Å²) < 4.78 is 1.77. The fraction of sp³-hybridized carbons (Fsp3) is 0.238. The molecule has 3 aromatic rings. The predicted molar refractivity (Wildman–Crippen MR) is 99.5 cm³/mol. The molecule has 1 N–H and O–H groups in total. The molecule has 0 fully saturated rings. The molecule has 0 saturated heterocycles. The van der Waals surface area contributed by atoms with Crippen LogP contribution in [-0.4, -0.2) is 20.9 Å². The minimum atomic E-state index is -0.942. The van der Waals surface area contributed by atoms with Gasteiger partial charge in [-0.15, -0.1) is 0 Å². The van der Waals surface area contributed by atoms with E-state index in [1.165, 1.54) is 5.56 Å². The van der Waals surface area contributed by atoms with Crippen LogP contribution in [0.15, 0.2) is 42.5 Å². The van der Waals surface area contributed by atoms with Gasteiger partial charge in [-0.25, -0.2) is 9.48 Å². The van der Waals surface area contributed by atoms with Crippen LogP contribution in [0.25, 0.3) is 16.9 Å². The highest BCUT2D eigenvalue weighted by molar-refractivity contribution is 5.96. The van der Waals surface area contributed by atoms with Gasteiger partial charge in [0.15, 0.2) is 0 Å². The monoisotopic (exact) mass is 334 g/mol. The molecular formula is C21H22N2O2. The van der Waals surface area contributed by atoms with Crippen molar-refractivity contribution >= 4 is 5.97 Å². The van der Waals surface area contributed by atoms with Gasteiger partial charge in [0.2, 0.25) is 0 Å². The molecular weight excluding hydrogens is 312 g/mol. The second-order valence-corrected chi connectivity index (χ2v) is 6.38. The summed E-state index contributed by atoms with van der Waals surface area (Å²) in [4.78, 5) is 12.0. The van der Waals surface area contributed by atoms with Gasteiger partial charge in [-0.2, -0.15) is 5.10 Å². The van der Waals surface area contributed by atoms with Crippen LogP contribution in [0.5, 0.6) is 0 Å². The first-order valence-electron chi connectivity index (χ1n) is 8.42. The van der Waals surface area contributed by atoms with Gasteiger partial charge >= 0.3 is 5.97 Å². The summed E-state index contributed by atoms with van der Waals surface area (Å²) in [6.45, 7) is 8.07. The Labute approximate surface area is 147 Å². The van der Waals surface area contributed by atoms with Gasteiger partial charge in [0.25, 0.3) is 0 Å². The van der Waals surface area contributed by atoms with E-state index in [2.05, 4.69) is 12.0 Å². The largest absolute Gasteiger partial charge is 0.478 e. The molecule has 0 radical (unpaired) electrons. The average Bonchev–Trinajstić information content (AvgIpc) is 2.97. The first kappa shape index (κ1) is 17.0. The van der Waals surface area contributed by atoms with Crippen LogP contribution in [0.2, 0.25) is 0 Å². The lowest BCUT2D eigenvalue weighted by Crippen LogP contribution is -2.06. The summed E-state index contributed by atoms with van der Waals surface area (Å²) >= 11 is 0. The van der Waals surface area contributed by atoms with Crippen molar-refractivity contribution in [1.82, 2.24) is 9.78 Å². The third-order valence-corrected chi connectivity index (χ3v) is 4.59. The lowest BCUT2D eigenvalue weighted by molar-refractivity contribution is 0.0696. The standard InChI is InChI=1S/C21H22N2O2/c1-5-18-19(21(24)25)20(16-9-6-13(2)7-10-16)22-23(18)17-11-8-14(3)15(4)12-17/h6-12H,5H2,1-4H3,(H,24,25). The fourth-order valence-electron chi connectivity index (χ4n) is 2.99. The predicted octanol–water partition coefficient (Wildman–Crippen LogP) is 4.73. The Morgan fingerprint density at radius 1 is 1.04 bits per heavy atom. The second kappa shape index (κ2) is 6.55. The van der Waals surface area contributed by atoms with Crippen LogP contribution >= 0.6 is 0 Å². The molecule has 0 saturated carbocycles. The molecule has 0 bridgehead atoms. The van der Waals surface area contributed by atoms with Crippen molar-refractivity contribution in [1.29, 1.82) is 0 Å². The highest BCUT2D eigenvalue weighted by atomic mass is 16.4. The van der Waals surface area contributed by atoms with Gasteiger partial charge in [-0.3, -0.25) is 0 Å². The summed E-state index contributed by atoms with van der Waals surface area (Å²) in [7, 11) is 0. The van der Waals surface area contributed by atoms with Crippen molar-refractivity contribution in [2.45, 2.75) is 34.1 Å². The zero-order chi connectivity index (χ0) is 18.1. The van der Waals surface area contributed by atoms with Gasteiger partial charge in [0.05, 0.1) is 11.4 Å². The van der Waals surface area contributed by atoms with Crippen LogP contribution in [0.1, 0.15) is 39.7 Å². The Balaban J connectivity index is 2.26. The van der Waals surface area contributed by atoms with Gasteiger partial charge in [-0.1, -0.05) is 42.8 Å². The van der Waals surface area contributed by atoms with Crippen molar-refractivity contribution in [3.8, 4) is 16.9 Å². The zero-order valence-corrected chi connectivity index (χ0v) is 15.0. The number of carboxylic acid groups (broad SMARTS) is 1. The van der Waals surface area contributed by atoms with Gasteiger partial charge < -0.3 is 5.11 Å². The highest BCUT2D eigenvalue weighted by Gasteiger charge is 2.24. The van der Waals surface area contributed by atoms with E-state index in [9.17, 15) is 9.90 Å². The number of rotatable bonds is 4. The molecule has 3 rings (SSSR count). The topological polar surface area (TPSA) is 55.1 Å². The molecule has 25 heavy (non-hydrogen) atoms. The molecule has 128 valence electrons. The third kappa shape index (κ3) is 3.07. The quantitative estimate of drug-likeness (QED) is 0.751. The smallest absolute Gasteiger partial charge is 0.339 e. The van der Waals surface area contributed by atoms with Crippen LogP contribution in [-0.2, 0) is 6.42 Å². The maximum Gasteiger partial charge on any atom is 0.339 e. The van der Waals surface area contributed by atoms with E-state index >= 15 is 0 Å². The van der Waals surface area contributed by atoms with E-state index in [0.29, 0.717) is 17.8 Å². The maximum atomic E-state index is 12.0. The van der Waals surface area contributed by atoms with Crippen LogP contribution < -0.4 is 0 Å². The number of aromatic nitrogens is 2. The zero-order valence-electron chi connectivity index (χ0n) is 15.0. The Bertz CT molecular complexity index is 937. The van der Waals surface area contributed by atoms with Crippen molar-refractivity contribution in [3.05, 3.63) is 70.4 Å². The molecule has 0 aliphatic rings. The number of hydrogen-bond donors (Lipinski definition) is 1. The van der Waals surface area contributed by atoms with E-state index < -0.39 is 5.97 Å². The first-order valence-corrected chi connectivity index (χ1v) is 8.42. The summed E-state index contributed by atoms with van der Waals surface area (Å²) in [6.07, 6.45) is 0.591. The van der Waals surface area contributed by atoms with Crippen molar-refractivity contribution < 1.29 is 9.90 Å². The lowest BCUT2D eigenvalue weighted by atomic mass is 10.0. The molecule has 0 atom stereocenters. The van der Waals surface area contributed by atoms with Crippen LogP contribution in [0.4, 0.5) is 0 Å². The van der Waals surface area contributed by atoms with Crippen molar-refractivity contribution in [2.24, 2.45) is 0 Å². The molecule has 0 spiro atoms. The second-order valence-electron chi connectivity index (χ2n) is 6.38. The van der Waals surface area contributed by atoms with Crippen molar-refractivity contribution in [2.75, 3.05) is 0 Å². The summed E-state index contributed by atoms with van der Waals surface area (Å²) in [5.74, 6) is -0.942. The number of hydrogen-bond acceptors (Lipinski definition) is 2. The minimum absolute atomic E-state index is 0.282. The van der Waals surface area contributed by atoms with Crippen LogP contribution in [0, 0.1) is 20.8 Å². The first-order chi connectivity index (χ1) is 11.9. The minimum Gasteiger partial charge on any atom is -0.478 e. The summed E-state index contributed by atoms with van der Waals surface area (Å²) in [5, 5.41) is 14.5. The molecule has 0 aliphatic heterocycles. The average molecular weight is 334 g/mol. The Morgan fingerprint density at radius 3 is 2.28 bits per heavy atom. The molecule has 2 aromatic carbocycles. The molecule has 1 heterocycles. The highest BCUT2D eigenvalue weighted by Crippen LogP contribution is 2.29. The van der Waals surface area contributed by atoms with Gasteiger partial charge in [0.1, 0.15) is 11.3 Å². The molecule has 0 amide bonds. The molecule has 4 nitrogen and oxygen atoms in total.